The van der Waals surface area contributed by atoms with E-state index in [0.717, 1.165) is 6.92 Å². The first-order chi connectivity index (χ1) is 7.19. The summed E-state index contributed by atoms with van der Waals surface area (Å²) in [6.45, 7) is 0.995. The summed E-state index contributed by atoms with van der Waals surface area (Å²) in [5.74, 6) is -4.96. The number of carbonyl (C=O) groups excluding carboxylic acids is 1. The Labute approximate surface area is 108 Å². The Morgan fingerprint density at radius 1 is 0.824 bits per heavy atom. The van der Waals surface area contributed by atoms with Crippen LogP contribution < -0.4 is 0 Å². The molecule has 0 spiro atoms. The van der Waals surface area contributed by atoms with Crippen molar-refractivity contribution in [2.24, 2.45) is 5.41 Å². The average Bonchev–Trinajstić information content (AvgIpc) is 1.98. The van der Waals surface area contributed by atoms with E-state index in [2.05, 4.69) is 0 Å². The second-order valence-corrected chi connectivity index (χ2v) is 3.55. The van der Waals surface area contributed by atoms with Gasteiger partial charge in [0.05, 0.1) is 24.7 Å². The molecule has 96 valence electrons. The normalized spacial score (nSPS) is 10.2. The fraction of sp³-hybridized carbons (Fsp3) is 0.556. The predicted octanol–water partition coefficient (Wildman–Crippen LogP) is -0.0166. The van der Waals surface area contributed by atoms with Crippen LogP contribution in [-0.4, -0.2) is 39.0 Å². The number of rotatable bonds is 7. The summed E-state index contributed by atoms with van der Waals surface area (Å²) in [6, 6.07) is 0. The van der Waals surface area contributed by atoms with Crippen molar-refractivity contribution in [3.8, 4) is 0 Å². The number of carboxylic acids is 3. The minimum Gasteiger partial charge on any atom is -0.481 e. The van der Waals surface area contributed by atoms with Gasteiger partial charge in [-0.3, -0.25) is 19.2 Å². The minimum absolute atomic E-state index is 0. The SMILES string of the molecule is CC(=O)C(CC(=O)O)(CC(=O)O)CC(=O)O.[Cr]. The molecule has 17 heavy (non-hydrogen) atoms. The van der Waals surface area contributed by atoms with Crippen LogP contribution in [0.1, 0.15) is 26.2 Å². The molecule has 0 radical (unpaired) electrons. The third kappa shape index (κ3) is 6.04. The van der Waals surface area contributed by atoms with Gasteiger partial charge in [0.25, 0.3) is 0 Å². The number of hydrogen-bond donors (Lipinski definition) is 3. The molecular formula is C9H12CrO7. The first-order valence-corrected chi connectivity index (χ1v) is 4.36. The number of aliphatic carboxylic acids is 3. The Morgan fingerprint density at radius 3 is 1.18 bits per heavy atom. The van der Waals surface area contributed by atoms with Gasteiger partial charge in [-0.1, -0.05) is 0 Å². The average molecular weight is 284 g/mol. The van der Waals surface area contributed by atoms with Crippen molar-refractivity contribution < 1.29 is 51.9 Å². The van der Waals surface area contributed by atoms with Crippen molar-refractivity contribution in [2.75, 3.05) is 0 Å². The standard InChI is InChI=1S/C9H12O7.Cr/c1-5(10)9(2-6(11)12,3-7(13)14)4-8(15)16;/h2-4H2,1H3,(H,11,12)(H,13,14)(H,15,16);. The number of carboxylic acid groups (broad SMARTS) is 3. The zero-order chi connectivity index (χ0) is 12.9. The molecule has 0 aromatic carbocycles. The van der Waals surface area contributed by atoms with Gasteiger partial charge >= 0.3 is 17.9 Å². The third-order valence-corrected chi connectivity index (χ3v) is 2.22. The maximum atomic E-state index is 11.3. The maximum absolute atomic E-state index is 11.3. The molecule has 0 aromatic heterocycles. The molecule has 0 rings (SSSR count). The molecule has 0 aromatic rings. The molecule has 0 atom stereocenters. The van der Waals surface area contributed by atoms with E-state index in [4.69, 9.17) is 15.3 Å². The summed E-state index contributed by atoms with van der Waals surface area (Å²) in [4.78, 5) is 42.9. The van der Waals surface area contributed by atoms with Crippen molar-refractivity contribution in [1.82, 2.24) is 0 Å². The second kappa shape index (κ2) is 7.04. The monoisotopic (exact) mass is 284 g/mol. The molecule has 0 heterocycles. The van der Waals surface area contributed by atoms with Crippen LogP contribution in [0.25, 0.3) is 0 Å². The molecule has 0 bridgehead atoms. The summed E-state index contributed by atoms with van der Waals surface area (Å²) < 4.78 is 0. The largest absolute Gasteiger partial charge is 0.481 e. The molecule has 0 amide bonds. The molecule has 0 saturated carbocycles. The zero-order valence-electron chi connectivity index (χ0n) is 9.00. The van der Waals surface area contributed by atoms with Gasteiger partial charge in [0, 0.05) is 17.4 Å². The van der Waals surface area contributed by atoms with Crippen molar-refractivity contribution in [2.45, 2.75) is 26.2 Å². The van der Waals surface area contributed by atoms with Gasteiger partial charge in [-0.05, 0) is 6.92 Å². The fourth-order valence-corrected chi connectivity index (χ4v) is 1.43. The topological polar surface area (TPSA) is 129 Å². The summed E-state index contributed by atoms with van der Waals surface area (Å²) in [7, 11) is 0. The number of ketones is 1. The molecule has 0 aliphatic rings. The first-order valence-electron chi connectivity index (χ1n) is 4.36. The van der Waals surface area contributed by atoms with Crippen molar-refractivity contribution in [3.05, 3.63) is 0 Å². The Morgan fingerprint density at radius 2 is 1.06 bits per heavy atom. The number of Topliss-reactive ketones (excluding diaryl/α,β-unsaturated/α-hetero) is 1. The van der Waals surface area contributed by atoms with E-state index < -0.39 is 48.4 Å². The first kappa shape index (κ1) is 18.0. The Kier molecular flexibility index (Phi) is 7.45. The molecule has 3 N–H and O–H groups in total. The van der Waals surface area contributed by atoms with Crippen LogP contribution in [0, 0.1) is 5.41 Å². The van der Waals surface area contributed by atoms with Gasteiger partial charge in [0.2, 0.25) is 0 Å². The van der Waals surface area contributed by atoms with Crippen LogP contribution in [0.5, 0.6) is 0 Å². The van der Waals surface area contributed by atoms with Gasteiger partial charge in [0.1, 0.15) is 5.78 Å². The Balaban J connectivity index is 0. The van der Waals surface area contributed by atoms with Gasteiger partial charge in [-0.25, -0.2) is 0 Å². The van der Waals surface area contributed by atoms with Crippen LogP contribution in [0.4, 0.5) is 0 Å². The molecule has 0 saturated heterocycles. The molecular weight excluding hydrogens is 272 g/mol. The number of hydrogen-bond acceptors (Lipinski definition) is 4. The predicted molar refractivity (Wildman–Crippen MR) is 49.9 cm³/mol. The van der Waals surface area contributed by atoms with Crippen molar-refractivity contribution in [3.63, 3.8) is 0 Å². The van der Waals surface area contributed by atoms with Crippen LogP contribution in [0.2, 0.25) is 0 Å². The van der Waals surface area contributed by atoms with Gasteiger partial charge in [-0.15, -0.1) is 0 Å². The van der Waals surface area contributed by atoms with E-state index in [1.165, 1.54) is 0 Å². The molecule has 0 unspecified atom stereocenters. The van der Waals surface area contributed by atoms with E-state index in [-0.39, 0.29) is 17.4 Å². The Bertz CT molecular complexity index is 295. The van der Waals surface area contributed by atoms with E-state index in [9.17, 15) is 19.2 Å². The summed E-state index contributed by atoms with van der Waals surface area (Å²) in [5.41, 5.74) is -1.87. The van der Waals surface area contributed by atoms with E-state index in [0.29, 0.717) is 0 Å². The second-order valence-electron chi connectivity index (χ2n) is 3.55. The van der Waals surface area contributed by atoms with Gasteiger partial charge < -0.3 is 15.3 Å². The van der Waals surface area contributed by atoms with Crippen LogP contribution >= 0.6 is 0 Å². The van der Waals surface area contributed by atoms with Crippen molar-refractivity contribution in [1.29, 1.82) is 0 Å². The maximum Gasteiger partial charge on any atom is 0.304 e. The van der Waals surface area contributed by atoms with Crippen molar-refractivity contribution >= 4 is 23.7 Å². The van der Waals surface area contributed by atoms with Crippen LogP contribution in [0.15, 0.2) is 0 Å². The molecule has 0 fully saturated rings. The fourth-order valence-electron chi connectivity index (χ4n) is 1.43. The van der Waals surface area contributed by atoms with E-state index in [1.54, 1.807) is 0 Å². The quantitative estimate of drug-likeness (QED) is 0.599. The molecule has 0 aliphatic heterocycles. The van der Waals surface area contributed by atoms with Crippen LogP contribution in [0.3, 0.4) is 0 Å². The van der Waals surface area contributed by atoms with E-state index in [1.807, 2.05) is 0 Å². The zero-order valence-corrected chi connectivity index (χ0v) is 10.3. The summed E-state index contributed by atoms with van der Waals surface area (Å²) >= 11 is 0. The molecule has 8 heteroatoms. The van der Waals surface area contributed by atoms with Gasteiger partial charge in [-0.2, -0.15) is 0 Å². The third-order valence-electron chi connectivity index (χ3n) is 2.22. The smallest absolute Gasteiger partial charge is 0.304 e. The minimum atomic E-state index is -1.87. The molecule has 7 nitrogen and oxygen atoms in total. The number of carbonyl (C=O) groups is 4. The summed E-state index contributed by atoms with van der Waals surface area (Å²) in [6.07, 6.45) is -2.41. The van der Waals surface area contributed by atoms with E-state index >= 15 is 0 Å². The van der Waals surface area contributed by atoms with Gasteiger partial charge in [0.15, 0.2) is 0 Å². The summed E-state index contributed by atoms with van der Waals surface area (Å²) in [5, 5.41) is 25.8. The molecule has 0 aliphatic carbocycles. The Hall–Kier alpha value is -1.39. The van der Waals surface area contributed by atoms with Crippen LogP contribution in [-0.2, 0) is 36.5 Å².